The summed E-state index contributed by atoms with van der Waals surface area (Å²) in [5.41, 5.74) is 1.73. The minimum absolute atomic E-state index is 0.257. The number of nitrogens with one attached hydrogen (secondary N) is 1. The molecule has 7 nitrogen and oxygen atoms in total. The van der Waals surface area contributed by atoms with Gasteiger partial charge in [-0.25, -0.2) is 9.97 Å². The molecule has 0 aliphatic rings. The lowest BCUT2D eigenvalue weighted by atomic mass is 10.2. The Morgan fingerprint density at radius 3 is 2.75 bits per heavy atom. The zero-order valence-electron chi connectivity index (χ0n) is 14.2. The number of aromatic nitrogens is 5. The summed E-state index contributed by atoms with van der Waals surface area (Å²) in [4.78, 5) is 13.3. The van der Waals surface area contributed by atoms with Crippen molar-refractivity contribution < 1.29 is 4.74 Å². The highest BCUT2D eigenvalue weighted by Gasteiger charge is 2.12. The molecule has 0 aliphatic heterocycles. The molecule has 3 aromatic rings. The van der Waals surface area contributed by atoms with E-state index < -0.39 is 0 Å². The van der Waals surface area contributed by atoms with Gasteiger partial charge in [0.05, 0.1) is 17.7 Å². The molecule has 0 saturated carbocycles. The van der Waals surface area contributed by atoms with Gasteiger partial charge in [0.15, 0.2) is 11.5 Å². The van der Waals surface area contributed by atoms with Crippen molar-refractivity contribution in [1.82, 2.24) is 24.7 Å². The second-order valence-corrected chi connectivity index (χ2v) is 5.84. The molecular formula is C17H22N6O. The van der Waals surface area contributed by atoms with Gasteiger partial charge < -0.3 is 10.1 Å². The van der Waals surface area contributed by atoms with E-state index in [1.165, 1.54) is 0 Å². The van der Waals surface area contributed by atoms with E-state index in [-0.39, 0.29) is 6.10 Å². The maximum atomic E-state index is 5.57. The van der Waals surface area contributed by atoms with Gasteiger partial charge in [-0.3, -0.25) is 9.67 Å². The SMILES string of the molecule is CC(C)OCCCNc1nc(-c2ccncc2)nc2c1cnn2C. The maximum absolute atomic E-state index is 5.57. The first-order valence-corrected chi connectivity index (χ1v) is 8.11. The lowest BCUT2D eigenvalue weighted by Crippen LogP contribution is -2.10. The predicted octanol–water partition coefficient (Wildman–Crippen LogP) is 2.65. The van der Waals surface area contributed by atoms with E-state index in [2.05, 4.69) is 25.4 Å². The molecule has 1 N–H and O–H groups in total. The van der Waals surface area contributed by atoms with Crippen molar-refractivity contribution in [3.63, 3.8) is 0 Å². The number of hydrogen-bond donors (Lipinski definition) is 1. The minimum Gasteiger partial charge on any atom is -0.379 e. The third-order valence-electron chi connectivity index (χ3n) is 3.60. The number of anilines is 1. The summed E-state index contributed by atoms with van der Waals surface area (Å²) in [5.74, 6) is 1.46. The molecule has 3 heterocycles. The van der Waals surface area contributed by atoms with E-state index in [0.29, 0.717) is 5.82 Å². The molecule has 0 aromatic carbocycles. The van der Waals surface area contributed by atoms with Crippen LogP contribution in [-0.2, 0) is 11.8 Å². The standard InChI is InChI=1S/C17H22N6O/c1-12(2)24-10-4-7-19-16-14-11-20-23(3)17(14)22-15(21-16)13-5-8-18-9-6-13/h5-6,8-9,11-12H,4,7,10H2,1-3H3,(H,19,21,22). The Morgan fingerprint density at radius 1 is 1.21 bits per heavy atom. The first kappa shape index (κ1) is 16.3. The van der Waals surface area contributed by atoms with Crippen molar-refractivity contribution in [3.05, 3.63) is 30.7 Å². The van der Waals surface area contributed by atoms with Crippen LogP contribution >= 0.6 is 0 Å². The van der Waals surface area contributed by atoms with Crippen molar-refractivity contribution >= 4 is 16.9 Å². The third kappa shape index (κ3) is 3.68. The van der Waals surface area contributed by atoms with Crippen LogP contribution in [0.4, 0.5) is 5.82 Å². The van der Waals surface area contributed by atoms with Gasteiger partial charge in [-0.05, 0) is 32.4 Å². The van der Waals surface area contributed by atoms with Gasteiger partial charge in [0.25, 0.3) is 0 Å². The summed E-state index contributed by atoms with van der Waals surface area (Å²) >= 11 is 0. The largest absolute Gasteiger partial charge is 0.379 e. The number of pyridine rings is 1. The molecule has 7 heteroatoms. The van der Waals surface area contributed by atoms with Crippen molar-refractivity contribution in [2.75, 3.05) is 18.5 Å². The highest BCUT2D eigenvalue weighted by molar-refractivity contribution is 5.88. The van der Waals surface area contributed by atoms with Crippen LogP contribution in [0.25, 0.3) is 22.4 Å². The van der Waals surface area contributed by atoms with Gasteiger partial charge in [-0.1, -0.05) is 0 Å². The molecule has 0 spiro atoms. The van der Waals surface area contributed by atoms with Gasteiger partial charge >= 0.3 is 0 Å². The van der Waals surface area contributed by atoms with E-state index >= 15 is 0 Å². The molecule has 0 unspecified atom stereocenters. The highest BCUT2D eigenvalue weighted by atomic mass is 16.5. The number of nitrogens with zero attached hydrogens (tertiary/aromatic N) is 5. The lowest BCUT2D eigenvalue weighted by Gasteiger charge is -2.10. The molecule has 0 aliphatic carbocycles. The fraction of sp³-hybridized carbons (Fsp3) is 0.412. The summed E-state index contributed by atoms with van der Waals surface area (Å²) in [6, 6.07) is 3.80. The average Bonchev–Trinajstić information content (AvgIpc) is 2.96. The molecule has 3 aromatic heterocycles. The van der Waals surface area contributed by atoms with Gasteiger partial charge in [0.2, 0.25) is 0 Å². The number of ether oxygens (including phenoxy) is 1. The summed E-state index contributed by atoms with van der Waals surface area (Å²) in [5, 5.41) is 8.60. The van der Waals surface area contributed by atoms with Gasteiger partial charge in [0, 0.05) is 38.2 Å². The zero-order valence-corrected chi connectivity index (χ0v) is 14.2. The molecule has 3 rings (SSSR count). The molecule has 126 valence electrons. The van der Waals surface area contributed by atoms with Gasteiger partial charge in [0.1, 0.15) is 5.82 Å². The van der Waals surface area contributed by atoms with Crippen molar-refractivity contribution in [3.8, 4) is 11.4 Å². The first-order chi connectivity index (χ1) is 11.6. The average molecular weight is 326 g/mol. The van der Waals surface area contributed by atoms with Crippen LogP contribution in [0.3, 0.4) is 0 Å². The van der Waals surface area contributed by atoms with Crippen molar-refractivity contribution in [1.29, 1.82) is 0 Å². The Labute approximate surface area is 141 Å². The number of rotatable bonds is 7. The monoisotopic (exact) mass is 326 g/mol. The molecule has 0 radical (unpaired) electrons. The van der Waals surface area contributed by atoms with Crippen LogP contribution in [0.1, 0.15) is 20.3 Å². The summed E-state index contributed by atoms with van der Waals surface area (Å²) in [7, 11) is 1.88. The Kier molecular flexibility index (Phi) is 5.00. The van der Waals surface area contributed by atoms with Crippen molar-refractivity contribution in [2.45, 2.75) is 26.4 Å². The molecule has 24 heavy (non-hydrogen) atoms. The van der Waals surface area contributed by atoms with Gasteiger partial charge in [-0.15, -0.1) is 0 Å². The summed E-state index contributed by atoms with van der Waals surface area (Å²) < 4.78 is 7.33. The fourth-order valence-electron chi connectivity index (χ4n) is 2.38. The molecule has 0 fully saturated rings. The third-order valence-corrected chi connectivity index (χ3v) is 3.60. The molecule has 0 atom stereocenters. The normalized spacial score (nSPS) is 11.3. The predicted molar refractivity (Wildman–Crippen MR) is 93.7 cm³/mol. The van der Waals surface area contributed by atoms with Crippen LogP contribution in [0.2, 0.25) is 0 Å². The molecule has 0 saturated heterocycles. The minimum atomic E-state index is 0.257. The van der Waals surface area contributed by atoms with Crippen molar-refractivity contribution in [2.24, 2.45) is 7.05 Å². The van der Waals surface area contributed by atoms with Crippen LogP contribution in [-0.4, -0.2) is 44.0 Å². The zero-order chi connectivity index (χ0) is 16.9. The number of aryl methyl sites for hydroxylation is 1. The second kappa shape index (κ2) is 7.35. The summed E-state index contributed by atoms with van der Waals surface area (Å²) in [6.07, 6.45) is 6.44. The molecule has 0 bridgehead atoms. The van der Waals surface area contributed by atoms with E-state index in [1.807, 2.05) is 33.0 Å². The fourth-order valence-corrected chi connectivity index (χ4v) is 2.38. The van der Waals surface area contributed by atoms with Crippen LogP contribution < -0.4 is 5.32 Å². The van der Waals surface area contributed by atoms with Crippen LogP contribution in [0.15, 0.2) is 30.7 Å². The van der Waals surface area contributed by atoms with E-state index in [0.717, 1.165) is 42.0 Å². The smallest absolute Gasteiger partial charge is 0.164 e. The Bertz CT molecular complexity index is 799. The quantitative estimate of drug-likeness (QED) is 0.673. The Balaban J connectivity index is 1.83. The number of hydrogen-bond acceptors (Lipinski definition) is 6. The highest BCUT2D eigenvalue weighted by Crippen LogP contribution is 2.24. The second-order valence-electron chi connectivity index (χ2n) is 5.84. The topological polar surface area (TPSA) is 77.8 Å². The maximum Gasteiger partial charge on any atom is 0.164 e. The first-order valence-electron chi connectivity index (χ1n) is 8.11. The Morgan fingerprint density at radius 2 is 2.00 bits per heavy atom. The van der Waals surface area contributed by atoms with Crippen LogP contribution in [0, 0.1) is 0 Å². The van der Waals surface area contributed by atoms with E-state index in [1.54, 1.807) is 23.3 Å². The van der Waals surface area contributed by atoms with E-state index in [9.17, 15) is 0 Å². The molecular weight excluding hydrogens is 304 g/mol. The Hall–Kier alpha value is -2.54. The summed E-state index contributed by atoms with van der Waals surface area (Å²) in [6.45, 7) is 5.59. The van der Waals surface area contributed by atoms with Crippen LogP contribution in [0.5, 0.6) is 0 Å². The van der Waals surface area contributed by atoms with E-state index in [4.69, 9.17) is 4.74 Å². The molecule has 0 amide bonds. The van der Waals surface area contributed by atoms with Gasteiger partial charge in [-0.2, -0.15) is 5.10 Å². The number of fused-ring (bicyclic) bond motifs is 1. The lowest BCUT2D eigenvalue weighted by molar-refractivity contribution is 0.0787.